The van der Waals surface area contributed by atoms with Gasteiger partial charge in [0.25, 0.3) is 0 Å². The summed E-state index contributed by atoms with van der Waals surface area (Å²) in [4.78, 5) is 0. The second-order valence-electron chi connectivity index (χ2n) is 33.1. The normalized spacial score (nSPS) is 11.5. The van der Waals surface area contributed by atoms with Gasteiger partial charge in [-0.05, 0) is 215 Å². The Morgan fingerprint density at radius 1 is 0.228 bits per heavy atom. The third kappa shape index (κ3) is 33.1. The molecule has 0 amide bonds. The van der Waals surface area contributed by atoms with Gasteiger partial charge in [-0.15, -0.1) is 0 Å². The van der Waals surface area contributed by atoms with E-state index >= 15 is 0 Å². The summed E-state index contributed by atoms with van der Waals surface area (Å²) in [5.74, 6) is 7.18. The van der Waals surface area contributed by atoms with Gasteiger partial charge in [0.05, 0.1) is 0 Å². The number of hydrogen-bond acceptors (Lipinski definition) is 0. The van der Waals surface area contributed by atoms with Crippen molar-refractivity contribution in [3.63, 3.8) is 0 Å². The highest BCUT2D eigenvalue weighted by molar-refractivity contribution is 5.40. The highest BCUT2D eigenvalue weighted by atomic mass is 14.3. The van der Waals surface area contributed by atoms with E-state index in [1.54, 1.807) is 0 Å². The summed E-state index contributed by atoms with van der Waals surface area (Å²) < 4.78 is 0. The lowest BCUT2D eigenvalue weighted by molar-refractivity contribution is 0.565. The van der Waals surface area contributed by atoms with E-state index in [2.05, 4.69) is 376 Å². The summed E-state index contributed by atoms with van der Waals surface area (Å²) in [6.07, 6.45) is 2.40. The van der Waals surface area contributed by atoms with E-state index < -0.39 is 0 Å². The molecule has 92 heavy (non-hydrogen) atoms. The van der Waals surface area contributed by atoms with Gasteiger partial charge in [0.2, 0.25) is 0 Å². The third-order valence-electron chi connectivity index (χ3n) is 17.0. The zero-order valence-electron chi connectivity index (χ0n) is 66.5. The lowest BCUT2D eigenvalue weighted by atomic mass is 9.78. The van der Waals surface area contributed by atoms with Gasteiger partial charge in [-0.3, -0.25) is 0 Å². The molecule has 0 heterocycles. The first kappa shape index (κ1) is 84.6. The Labute approximate surface area is 572 Å². The van der Waals surface area contributed by atoms with E-state index in [-0.39, 0.29) is 10.8 Å². The predicted molar refractivity (Wildman–Crippen MR) is 420 cm³/mol. The molecule has 0 saturated carbocycles. The van der Waals surface area contributed by atoms with E-state index in [9.17, 15) is 0 Å². The summed E-state index contributed by atoms with van der Waals surface area (Å²) in [7, 11) is 0. The number of rotatable bonds is 13. The van der Waals surface area contributed by atoms with Crippen LogP contribution in [-0.4, -0.2) is 0 Å². The molecule has 0 unspecified atom stereocenters. The molecule has 7 rings (SSSR count). The van der Waals surface area contributed by atoms with Gasteiger partial charge in [0, 0.05) is 0 Å². The second-order valence-corrected chi connectivity index (χ2v) is 33.1. The molecule has 0 radical (unpaired) electrons. The van der Waals surface area contributed by atoms with Gasteiger partial charge in [0.1, 0.15) is 0 Å². The maximum absolute atomic E-state index is 2.41. The Morgan fingerprint density at radius 2 is 0.500 bits per heavy atom. The van der Waals surface area contributed by atoms with Gasteiger partial charge in [0.15, 0.2) is 0 Å². The molecule has 0 heteroatoms. The first-order valence-corrected chi connectivity index (χ1v) is 36.0. The Kier molecular flexibility index (Phi) is 36.8. The van der Waals surface area contributed by atoms with Gasteiger partial charge in [-0.2, -0.15) is 0 Å². The topological polar surface area (TPSA) is 0 Å². The minimum atomic E-state index is 0.227. The molecule has 0 fully saturated rings. The fraction of sp³-hybridized carbons (Fsp3) is 0.543. The van der Waals surface area contributed by atoms with Crippen LogP contribution >= 0.6 is 0 Å². The molecule has 0 nitrogen and oxygen atoms in total. The SMILES string of the molecule is CC(C)Cc1cc(CC(C)C)cc(C(C)C)c1.CC(C)c1cc(C(C)(C)C)cc(C(C)(C)C)c1.CC(C)c1cc(C(C)C)cc(C(C)C)c1.Cc1cc(C)cc(C(C)C)c1.Cc1cc(C)cc(C(C)C)c1.Cc1ccc(C(C)C)cc1.Cc1ccc(C)c(C(C)C)c1. The van der Waals surface area contributed by atoms with Crippen LogP contribution in [0.15, 0.2) is 133 Å². The minimum Gasteiger partial charge on any atom is -0.0625 e. The van der Waals surface area contributed by atoms with Crippen LogP contribution in [0.3, 0.4) is 0 Å². The molecule has 7 aromatic rings. The van der Waals surface area contributed by atoms with Crippen molar-refractivity contribution in [2.24, 2.45) is 11.8 Å². The quantitative estimate of drug-likeness (QED) is 0.108. The average molecular weight is 1250 g/mol. The van der Waals surface area contributed by atoms with Crippen LogP contribution in [0.5, 0.6) is 0 Å². The van der Waals surface area contributed by atoms with E-state index in [0.717, 1.165) is 11.8 Å². The summed E-state index contributed by atoms with van der Waals surface area (Å²) in [5, 5.41) is 0. The highest BCUT2D eigenvalue weighted by Crippen LogP contribution is 2.33. The molecular weight excluding hydrogens is 1110 g/mol. The molecule has 510 valence electrons. The first-order valence-electron chi connectivity index (χ1n) is 36.0. The van der Waals surface area contributed by atoms with Crippen LogP contribution in [0.2, 0.25) is 0 Å². The Balaban J connectivity index is 0.000000542. The van der Waals surface area contributed by atoms with E-state index in [1.807, 2.05) is 0 Å². The third-order valence-corrected chi connectivity index (χ3v) is 17.0. The molecular formula is C92H142. The fourth-order valence-corrected chi connectivity index (χ4v) is 10.9. The lowest BCUT2D eigenvalue weighted by Crippen LogP contribution is -2.17. The van der Waals surface area contributed by atoms with Crippen LogP contribution in [0.25, 0.3) is 0 Å². The van der Waals surface area contributed by atoms with Crippen molar-refractivity contribution in [2.75, 3.05) is 0 Å². The maximum Gasteiger partial charge on any atom is -0.0132 e. The van der Waals surface area contributed by atoms with Crippen molar-refractivity contribution in [1.82, 2.24) is 0 Å². The largest absolute Gasteiger partial charge is 0.0625 e. The molecule has 0 aliphatic carbocycles. The molecule has 7 aromatic carbocycles. The monoisotopic (exact) mass is 1250 g/mol. The second kappa shape index (κ2) is 40.1. The van der Waals surface area contributed by atoms with Crippen LogP contribution in [0.4, 0.5) is 0 Å². The molecule has 0 aromatic heterocycles. The summed E-state index contributed by atoms with van der Waals surface area (Å²) >= 11 is 0. The molecule has 0 spiro atoms. The fourth-order valence-electron chi connectivity index (χ4n) is 10.9. The Hall–Kier alpha value is -5.46. The molecule has 0 aliphatic rings. The first-order chi connectivity index (χ1) is 42.3. The van der Waals surface area contributed by atoms with Gasteiger partial charge >= 0.3 is 0 Å². The molecule has 0 aliphatic heterocycles. The summed E-state index contributed by atoms with van der Waals surface area (Å²) in [5.41, 5.74) is 29.2. The van der Waals surface area contributed by atoms with Crippen molar-refractivity contribution < 1.29 is 0 Å². The van der Waals surface area contributed by atoms with Crippen LogP contribution in [-0.2, 0) is 23.7 Å². The molecule has 0 saturated heterocycles. The van der Waals surface area contributed by atoms with Gasteiger partial charge in [-0.25, -0.2) is 0 Å². The summed E-state index contributed by atoms with van der Waals surface area (Å²) in [6, 6.07) is 50.3. The van der Waals surface area contributed by atoms with Crippen molar-refractivity contribution >= 4 is 0 Å². The van der Waals surface area contributed by atoms with Crippen molar-refractivity contribution in [2.45, 2.75) is 319 Å². The van der Waals surface area contributed by atoms with Crippen molar-refractivity contribution in [1.29, 1.82) is 0 Å². The highest BCUT2D eigenvalue weighted by Gasteiger charge is 2.21. The van der Waals surface area contributed by atoms with Crippen LogP contribution in [0.1, 0.15) is 358 Å². The van der Waals surface area contributed by atoms with Gasteiger partial charge < -0.3 is 0 Å². The van der Waals surface area contributed by atoms with Crippen LogP contribution in [0, 0.1) is 60.3 Å². The van der Waals surface area contributed by atoms with Crippen molar-refractivity contribution in [3.05, 3.63) is 245 Å². The van der Waals surface area contributed by atoms with Crippen molar-refractivity contribution in [3.8, 4) is 0 Å². The van der Waals surface area contributed by atoms with E-state index in [4.69, 9.17) is 0 Å². The number of benzene rings is 7. The zero-order chi connectivity index (χ0) is 70.9. The average Bonchev–Trinajstić information content (AvgIpc) is 0.847. The summed E-state index contributed by atoms with van der Waals surface area (Å²) in [6.45, 7) is 78.5. The zero-order valence-corrected chi connectivity index (χ0v) is 66.5. The molecule has 0 atom stereocenters. The molecule has 0 N–H and O–H groups in total. The smallest absolute Gasteiger partial charge is 0.0132 e. The Morgan fingerprint density at radius 3 is 0.761 bits per heavy atom. The van der Waals surface area contributed by atoms with E-state index in [1.165, 1.54) is 124 Å². The standard InChI is InChI=1S/2C17H28.C15H24.3C11H16.C10H14/c1-12(2)13-9-14(16(3,4)5)11-15(10-13)17(6,7)8;1-12(2)7-15-9-16(8-13(3)4)11-17(10-15)14(5)6;1-10(2)13-7-14(11(3)4)9-15(8-13)12(5)6;2*1-8(2)11-6-9(3)5-10(4)7-11;1-8(2)11-7-9(3)5-6-10(11)4;1-8(2)10-6-4-9(3)5-7-10/h9-12H,1-8H3;9-14H,7-8H2,1-6H3;7-12H,1-6H3;3*5-8H,1-4H3;4-8H,1-3H3. The lowest BCUT2D eigenvalue weighted by Gasteiger charge is -2.27. The Bertz CT molecular complexity index is 2970. The predicted octanol–water partition coefficient (Wildman–Crippen LogP) is 29.1. The molecule has 0 bridgehead atoms. The van der Waals surface area contributed by atoms with E-state index in [0.29, 0.717) is 53.3 Å². The van der Waals surface area contributed by atoms with Gasteiger partial charge in [-0.1, -0.05) is 361 Å². The number of aryl methyl sites for hydroxylation is 7. The van der Waals surface area contributed by atoms with Crippen LogP contribution < -0.4 is 0 Å². The minimum absolute atomic E-state index is 0.227. The number of hydrogen-bond donors (Lipinski definition) is 0. The maximum atomic E-state index is 2.41.